The Balaban J connectivity index is 3.17. The van der Waals surface area contributed by atoms with E-state index in [1.165, 1.54) is 0 Å². The van der Waals surface area contributed by atoms with E-state index < -0.39 is 5.97 Å². The number of hydrogen-bond acceptors (Lipinski definition) is 2. The first-order valence-electron chi connectivity index (χ1n) is 3.70. The average Bonchev–Trinajstić information content (AvgIpc) is 2.04. The highest BCUT2D eigenvalue weighted by atomic mass is 16.4. The second-order valence-electron chi connectivity index (χ2n) is 2.68. The van der Waals surface area contributed by atoms with Crippen molar-refractivity contribution in [3.63, 3.8) is 0 Å². The van der Waals surface area contributed by atoms with E-state index in [1.807, 2.05) is 0 Å². The van der Waals surface area contributed by atoms with Gasteiger partial charge in [0.15, 0.2) is 0 Å². The predicted molar refractivity (Wildman–Crippen MR) is 46.0 cm³/mol. The SMILES string of the molecule is C[C@H](N)c1ccccc1C(=O)O. The second kappa shape index (κ2) is 3.36. The lowest BCUT2D eigenvalue weighted by molar-refractivity contribution is 0.0695. The van der Waals surface area contributed by atoms with E-state index in [9.17, 15) is 4.79 Å². The standard InChI is InChI=1S/C9H11NO2/c1-6(10)7-4-2-3-5-8(7)9(11)12/h2-6H,10H2,1H3,(H,11,12)/t6-/m0/s1. The summed E-state index contributed by atoms with van der Waals surface area (Å²) >= 11 is 0. The van der Waals surface area contributed by atoms with Gasteiger partial charge in [0, 0.05) is 6.04 Å². The zero-order valence-corrected chi connectivity index (χ0v) is 6.82. The minimum Gasteiger partial charge on any atom is -0.478 e. The van der Waals surface area contributed by atoms with Gasteiger partial charge in [0.2, 0.25) is 0 Å². The van der Waals surface area contributed by atoms with E-state index in [-0.39, 0.29) is 11.6 Å². The molecule has 0 spiro atoms. The van der Waals surface area contributed by atoms with Gasteiger partial charge in [-0.25, -0.2) is 4.79 Å². The van der Waals surface area contributed by atoms with Crippen molar-refractivity contribution < 1.29 is 9.90 Å². The normalized spacial score (nSPS) is 12.5. The maximum atomic E-state index is 10.7. The largest absolute Gasteiger partial charge is 0.478 e. The summed E-state index contributed by atoms with van der Waals surface area (Å²) in [7, 11) is 0. The number of nitrogens with two attached hydrogens (primary N) is 1. The van der Waals surface area contributed by atoms with E-state index in [0.29, 0.717) is 5.56 Å². The Morgan fingerprint density at radius 3 is 2.50 bits per heavy atom. The number of benzene rings is 1. The van der Waals surface area contributed by atoms with E-state index in [1.54, 1.807) is 31.2 Å². The average molecular weight is 165 g/mol. The van der Waals surface area contributed by atoms with Crippen LogP contribution in [0.1, 0.15) is 28.9 Å². The van der Waals surface area contributed by atoms with Crippen LogP contribution in [-0.2, 0) is 0 Å². The van der Waals surface area contributed by atoms with E-state index in [0.717, 1.165) is 0 Å². The third-order valence-electron chi connectivity index (χ3n) is 1.68. The minimum absolute atomic E-state index is 0.239. The summed E-state index contributed by atoms with van der Waals surface area (Å²) in [5.41, 5.74) is 6.55. The highest BCUT2D eigenvalue weighted by Crippen LogP contribution is 2.14. The topological polar surface area (TPSA) is 63.3 Å². The molecule has 1 aromatic carbocycles. The lowest BCUT2D eigenvalue weighted by atomic mass is 10.0. The van der Waals surface area contributed by atoms with Crippen LogP contribution in [-0.4, -0.2) is 11.1 Å². The molecule has 0 saturated carbocycles. The number of aromatic carboxylic acids is 1. The molecule has 3 heteroatoms. The fourth-order valence-electron chi connectivity index (χ4n) is 1.09. The van der Waals surface area contributed by atoms with Gasteiger partial charge in [-0.05, 0) is 18.6 Å². The summed E-state index contributed by atoms with van der Waals surface area (Å²) in [4.78, 5) is 10.7. The van der Waals surface area contributed by atoms with Gasteiger partial charge in [0.25, 0.3) is 0 Å². The van der Waals surface area contributed by atoms with Crippen LogP contribution in [0.2, 0.25) is 0 Å². The van der Waals surface area contributed by atoms with Gasteiger partial charge in [-0.3, -0.25) is 0 Å². The molecule has 0 amide bonds. The summed E-state index contributed by atoms with van der Waals surface area (Å²) in [5, 5.41) is 8.76. The lowest BCUT2D eigenvalue weighted by Gasteiger charge is -2.08. The zero-order chi connectivity index (χ0) is 9.14. The van der Waals surface area contributed by atoms with Crippen LogP contribution in [0.4, 0.5) is 0 Å². The Labute approximate surface area is 70.8 Å². The Hall–Kier alpha value is -1.35. The maximum absolute atomic E-state index is 10.7. The minimum atomic E-state index is -0.928. The number of carbonyl (C=O) groups is 1. The third kappa shape index (κ3) is 1.62. The Morgan fingerprint density at radius 2 is 2.08 bits per heavy atom. The van der Waals surface area contributed by atoms with E-state index in [2.05, 4.69) is 0 Å². The van der Waals surface area contributed by atoms with Crippen LogP contribution in [0, 0.1) is 0 Å². The summed E-state index contributed by atoms with van der Waals surface area (Å²) < 4.78 is 0. The molecule has 0 bridgehead atoms. The zero-order valence-electron chi connectivity index (χ0n) is 6.82. The van der Waals surface area contributed by atoms with Crippen LogP contribution >= 0.6 is 0 Å². The molecular formula is C9H11NO2. The van der Waals surface area contributed by atoms with E-state index in [4.69, 9.17) is 10.8 Å². The molecule has 12 heavy (non-hydrogen) atoms. The van der Waals surface area contributed by atoms with Crippen molar-refractivity contribution in [3.05, 3.63) is 35.4 Å². The van der Waals surface area contributed by atoms with Gasteiger partial charge < -0.3 is 10.8 Å². The Bertz CT molecular complexity index is 294. The molecule has 0 unspecified atom stereocenters. The molecule has 0 fully saturated rings. The van der Waals surface area contributed by atoms with Crippen molar-refractivity contribution >= 4 is 5.97 Å². The van der Waals surface area contributed by atoms with Crippen molar-refractivity contribution in [3.8, 4) is 0 Å². The van der Waals surface area contributed by atoms with Gasteiger partial charge in [0.1, 0.15) is 0 Å². The van der Waals surface area contributed by atoms with Crippen molar-refractivity contribution in [2.24, 2.45) is 5.73 Å². The monoisotopic (exact) mass is 165 g/mol. The van der Waals surface area contributed by atoms with Crippen LogP contribution in [0.3, 0.4) is 0 Å². The van der Waals surface area contributed by atoms with Crippen molar-refractivity contribution in [2.45, 2.75) is 13.0 Å². The van der Waals surface area contributed by atoms with Crippen LogP contribution in [0.15, 0.2) is 24.3 Å². The highest BCUT2D eigenvalue weighted by Gasteiger charge is 2.10. The predicted octanol–water partition coefficient (Wildman–Crippen LogP) is 1.40. The van der Waals surface area contributed by atoms with Crippen LogP contribution in [0.25, 0.3) is 0 Å². The third-order valence-corrected chi connectivity index (χ3v) is 1.68. The van der Waals surface area contributed by atoms with Gasteiger partial charge in [-0.2, -0.15) is 0 Å². The number of rotatable bonds is 2. The summed E-state index contributed by atoms with van der Waals surface area (Å²) in [6.07, 6.45) is 0. The van der Waals surface area contributed by atoms with Gasteiger partial charge in [0.05, 0.1) is 5.56 Å². The number of carboxylic acids is 1. The number of carboxylic acid groups (broad SMARTS) is 1. The molecule has 3 nitrogen and oxygen atoms in total. The van der Waals surface area contributed by atoms with Crippen molar-refractivity contribution in [2.75, 3.05) is 0 Å². The molecule has 0 aromatic heterocycles. The first-order chi connectivity index (χ1) is 5.63. The van der Waals surface area contributed by atoms with Gasteiger partial charge in [-0.1, -0.05) is 18.2 Å². The number of hydrogen-bond donors (Lipinski definition) is 2. The van der Waals surface area contributed by atoms with Gasteiger partial charge >= 0.3 is 5.97 Å². The fourth-order valence-corrected chi connectivity index (χ4v) is 1.09. The quantitative estimate of drug-likeness (QED) is 0.696. The first-order valence-corrected chi connectivity index (χ1v) is 3.70. The van der Waals surface area contributed by atoms with Gasteiger partial charge in [-0.15, -0.1) is 0 Å². The highest BCUT2D eigenvalue weighted by molar-refractivity contribution is 5.89. The molecule has 64 valence electrons. The van der Waals surface area contributed by atoms with Crippen molar-refractivity contribution in [1.82, 2.24) is 0 Å². The molecule has 0 aliphatic carbocycles. The van der Waals surface area contributed by atoms with Crippen LogP contribution in [0.5, 0.6) is 0 Å². The smallest absolute Gasteiger partial charge is 0.336 e. The lowest BCUT2D eigenvalue weighted by Crippen LogP contribution is -2.11. The summed E-state index contributed by atoms with van der Waals surface area (Å²) in [6, 6.07) is 6.52. The second-order valence-corrected chi connectivity index (χ2v) is 2.68. The van der Waals surface area contributed by atoms with Crippen molar-refractivity contribution in [1.29, 1.82) is 0 Å². The Kier molecular flexibility index (Phi) is 2.45. The first kappa shape index (κ1) is 8.74. The molecule has 0 heterocycles. The molecule has 0 aliphatic rings. The van der Waals surface area contributed by atoms with Crippen LogP contribution < -0.4 is 5.73 Å². The molecule has 0 radical (unpaired) electrons. The van der Waals surface area contributed by atoms with E-state index >= 15 is 0 Å². The molecule has 1 atom stereocenters. The fraction of sp³-hybridized carbons (Fsp3) is 0.222. The molecule has 0 saturated heterocycles. The maximum Gasteiger partial charge on any atom is 0.336 e. The Morgan fingerprint density at radius 1 is 1.50 bits per heavy atom. The molecule has 1 rings (SSSR count). The molecule has 1 aromatic rings. The summed E-state index contributed by atoms with van der Waals surface area (Å²) in [6.45, 7) is 1.77. The molecule has 3 N–H and O–H groups in total. The molecular weight excluding hydrogens is 154 g/mol. The molecule has 0 aliphatic heterocycles. The summed E-state index contributed by atoms with van der Waals surface area (Å²) in [5.74, 6) is -0.928.